The van der Waals surface area contributed by atoms with Gasteiger partial charge in [0.1, 0.15) is 5.82 Å². The molecule has 1 N–H and O–H groups in total. The zero-order valence-corrected chi connectivity index (χ0v) is 12.3. The van der Waals surface area contributed by atoms with Crippen molar-refractivity contribution in [3.05, 3.63) is 36.3 Å². The summed E-state index contributed by atoms with van der Waals surface area (Å²) in [6.07, 6.45) is 3.72. The van der Waals surface area contributed by atoms with E-state index < -0.39 is 0 Å². The third kappa shape index (κ3) is 3.64. The van der Waals surface area contributed by atoms with Crippen molar-refractivity contribution < 1.29 is 13.6 Å². The molecule has 4 nitrogen and oxygen atoms in total. The predicted molar refractivity (Wildman–Crippen MR) is 78.4 cm³/mol. The highest BCUT2D eigenvalue weighted by atomic mass is 32.2. The highest BCUT2D eigenvalue weighted by Crippen LogP contribution is 2.28. The zero-order valence-electron chi connectivity index (χ0n) is 11.5. The fourth-order valence-corrected chi connectivity index (χ4v) is 2.54. The number of nitrogens with zero attached hydrogens (tertiary/aromatic N) is 1. The molecule has 0 saturated heterocycles. The number of hydrogen-bond acceptors (Lipinski definition) is 4. The minimum Gasteiger partial charge on any atom is -0.431 e. The van der Waals surface area contributed by atoms with Gasteiger partial charge in [0.05, 0.1) is 11.4 Å². The average Bonchev–Trinajstić information content (AvgIpc) is 3.16. The van der Waals surface area contributed by atoms with Gasteiger partial charge in [-0.1, -0.05) is 11.8 Å². The molecule has 1 aliphatic carbocycles. The molecule has 1 aromatic carbocycles. The number of nitrogens with one attached hydrogen (secondary N) is 1. The Balaban J connectivity index is 1.64. The van der Waals surface area contributed by atoms with E-state index in [0.717, 1.165) is 18.4 Å². The standard InChI is InChI=1S/C15H15FN2O2S/c1-9(14(19)18-12-6-7-12)21-15-17-8-13(20-15)10-2-4-11(16)5-3-10/h2-5,8-9,12H,6-7H2,1H3,(H,18,19)/t9-/m1/s1. The van der Waals surface area contributed by atoms with Gasteiger partial charge in [0, 0.05) is 11.6 Å². The maximum Gasteiger partial charge on any atom is 0.256 e. The lowest BCUT2D eigenvalue weighted by Gasteiger charge is -2.08. The number of rotatable bonds is 5. The highest BCUT2D eigenvalue weighted by molar-refractivity contribution is 8.00. The molecule has 2 aromatic rings. The van der Waals surface area contributed by atoms with Crippen molar-refractivity contribution in [3.63, 3.8) is 0 Å². The predicted octanol–water partition coefficient (Wildman–Crippen LogP) is 3.24. The van der Waals surface area contributed by atoms with Crippen molar-refractivity contribution in [1.29, 1.82) is 0 Å². The molecule has 1 saturated carbocycles. The lowest BCUT2D eigenvalue weighted by Crippen LogP contribution is -2.32. The molecule has 1 aromatic heterocycles. The monoisotopic (exact) mass is 306 g/mol. The van der Waals surface area contributed by atoms with E-state index in [1.54, 1.807) is 18.3 Å². The van der Waals surface area contributed by atoms with Crippen LogP contribution in [0.1, 0.15) is 19.8 Å². The van der Waals surface area contributed by atoms with E-state index >= 15 is 0 Å². The number of amides is 1. The van der Waals surface area contributed by atoms with Crippen molar-refractivity contribution >= 4 is 17.7 Å². The molecular formula is C15H15FN2O2S. The summed E-state index contributed by atoms with van der Waals surface area (Å²) in [4.78, 5) is 16.0. The first-order chi connectivity index (χ1) is 10.1. The van der Waals surface area contributed by atoms with Crippen molar-refractivity contribution in [2.45, 2.75) is 36.3 Å². The van der Waals surface area contributed by atoms with Gasteiger partial charge in [0.2, 0.25) is 5.91 Å². The first-order valence-corrected chi connectivity index (χ1v) is 7.68. The van der Waals surface area contributed by atoms with Gasteiger partial charge in [-0.3, -0.25) is 4.79 Å². The first kappa shape index (κ1) is 14.1. The summed E-state index contributed by atoms with van der Waals surface area (Å²) in [7, 11) is 0. The average molecular weight is 306 g/mol. The van der Waals surface area contributed by atoms with Crippen molar-refractivity contribution in [2.24, 2.45) is 0 Å². The molecular weight excluding hydrogens is 291 g/mol. The largest absolute Gasteiger partial charge is 0.431 e. The fraction of sp³-hybridized carbons (Fsp3) is 0.333. The second kappa shape index (κ2) is 5.89. The molecule has 1 heterocycles. The minimum absolute atomic E-state index is 0.00373. The molecule has 110 valence electrons. The Kier molecular flexibility index (Phi) is 3.96. The third-order valence-electron chi connectivity index (χ3n) is 3.18. The van der Waals surface area contributed by atoms with Crippen LogP contribution in [0.25, 0.3) is 11.3 Å². The summed E-state index contributed by atoms with van der Waals surface area (Å²) in [5, 5.41) is 3.13. The van der Waals surface area contributed by atoms with Crippen LogP contribution in [0.15, 0.2) is 40.1 Å². The van der Waals surface area contributed by atoms with Gasteiger partial charge in [-0.25, -0.2) is 9.37 Å². The molecule has 1 aliphatic rings. The summed E-state index contributed by atoms with van der Waals surface area (Å²) in [5.74, 6) is 0.273. The molecule has 0 unspecified atom stereocenters. The SMILES string of the molecule is C[C@@H](Sc1ncc(-c2ccc(F)cc2)o1)C(=O)NC1CC1. The van der Waals surface area contributed by atoms with Gasteiger partial charge in [0.15, 0.2) is 5.76 Å². The molecule has 3 rings (SSSR count). The van der Waals surface area contributed by atoms with Crippen LogP contribution in [0, 0.1) is 5.82 Å². The van der Waals surface area contributed by atoms with Crippen LogP contribution >= 0.6 is 11.8 Å². The summed E-state index contributed by atoms with van der Waals surface area (Å²) < 4.78 is 18.5. The third-order valence-corrected chi connectivity index (χ3v) is 4.14. The minimum atomic E-state index is -0.293. The summed E-state index contributed by atoms with van der Waals surface area (Å²) >= 11 is 1.28. The Morgan fingerprint density at radius 1 is 1.43 bits per heavy atom. The van der Waals surface area contributed by atoms with Gasteiger partial charge in [0.25, 0.3) is 5.22 Å². The molecule has 0 radical (unpaired) electrons. The van der Waals surface area contributed by atoms with Crippen LogP contribution in [-0.2, 0) is 4.79 Å². The van der Waals surface area contributed by atoms with E-state index in [1.165, 1.54) is 23.9 Å². The van der Waals surface area contributed by atoms with E-state index in [0.29, 0.717) is 17.0 Å². The lowest BCUT2D eigenvalue weighted by atomic mass is 10.2. The van der Waals surface area contributed by atoms with E-state index in [2.05, 4.69) is 10.3 Å². The number of hydrogen-bond donors (Lipinski definition) is 1. The Morgan fingerprint density at radius 3 is 2.81 bits per heavy atom. The van der Waals surface area contributed by atoms with Crippen molar-refractivity contribution in [3.8, 4) is 11.3 Å². The maximum absolute atomic E-state index is 12.9. The summed E-state index contributed by atoms with van der Waals surface area (Å²) in [6, 6.07) is 6.35. The number of benzene rings is 1. The van der Waals surface area contributed by atoms with Gasteiger partial charge in [-0.05, 0) is 44.0 Å². The van der Waals surface area contributed by atoms with E-state index in [-0.39, 0.29) is 17.0 Å². The van der Waals surface area contributed by atoms with Crippen LogP contribution < -0.4 is 5.32 Å². The number of carbonyl (C=O) groups is 1. The van der Waals surface area contributed by atoms with E-state index in [4.69, 9.17) is 4.42 Å². The molecule has 0 aliphatic heterocycles. The number of thioether (sulfide) groups is 1. The van der Waals surface area contributed by atoms with Gasteiger partial charge < -0.3 is 9.73 Å². The van der Waals surface area contributed by atoms with Crippen LogP contribution in [0.5, 0.6) is 0 Å². The quantitative estimate of drug-likeness (QED) is 0.862. The lowest BCUT2D eigenvalue weighted by molar-refractivity contribution is -0.120. The van der Waals surface area contributed by atoms with Gasteiger partial charge >= 0.3 is 0 Å². The van der Waals surface area contributed by atoms with Crippen molar-refractivity contribution in [1.82, 2.24) is 10.3 Å². The molecule has 21 heavy (non-hydrogen) atoms. The molecule has 0 bridgehead atoms. The summed E-state index contributed by atoms with van der Waals surface area (Å²) in [5.41, 5.74) is 0.755. The molecule has 0 spiro atoms. The summed E-state index contributed by atoms with van der Waals surface area (Å²) in [6.45, 7) is 1.82. The Labute approximate surface area is 126 Å². The Morgan fingerprint density at radius 2 is 2.14 bits per heavy atom. The topological polar surface area (TPSA) is 55.1 Å². The van der Waals surface area contributed by atoms with Crippen LogP contribution in [-0.4, -0.2) is 22.2 Å². The molecule has 6 heteroatoms. The Hall–Kier alpha value is -1.82. The second-order valence-electron chi connectivity index (χ2n) is 5.04. The molecule has 1 atom stereocenters. The Bertz CT molecular complexity index is 637. The van der Waals surface area contributed by atoms with Gasteiger partial charge in [-0.15, -0.1) is 0 Å². The number of halogens is 1. The number of oxazole rings is 1. The van der Waals surface area contributed by atoms with Crippen LogP contribution in [0.4, 0.5) is 4.39 Å². The number of aromatic nitrogens is 1. The number of carbonyl (C=O) groups excluding carboxylic acids is 1. The van der Waals surface area contributed by atoms with Crippen LogP contribution in [0.3, 0.4) is 0 Å². The van der Waals surface area contributed by atoms with E-state index in [9.17, 15) is 9.18 Å². The maximum atomic E-state index is 12.9. The molecule has 1 amide bonds. The fourth-order valence-electron chi connectivity index (χ4n) is 1.81. The molecule has 1 fully saturated rings. The normalized spacial score (nSPS) is 15.7. The van der Waals surface area contributed by atoms with Crippen LogP contribution in [0.2, 0.25) is 0 Å². The highest BCUT2D eigenvalue weighted by Gasteiger charge is 2.26. The smallest absolute Gasteiger partial charge is 0.256 e. The zero-order chi connectivity index (χ0) is 14.8. The van der Waals surface area contributed by atoms with E-state index in [1.807, 2.05) is 6.92 Å². The van der Waals surface area contributed by atoms with Crippen molar-refractivity contribution in [2.75, 3.05) is 0 Å². The van der Waals surface area contributed by atoms with Gasteiger partial charge in [-0.2, -0.15) is 0 Å². The first-order valence-electron chi connectivity index (χ1n) is 6.80. The second-order valence-corrected chi connectivity index (χ2v) is 6.33.